The van der Waals surface area contributed by atoms with Crippen LogP contribution >= 0.6 is 27.7 Å². The molecule has 1 heterocycles. The lowest BCUT2D eigenvalue weighted by Gasteiger charge is -2.11. The first-order valence-electron chi connectivity index (χ1n) is 8.95. The Balaban J connectivity index is 1.79. The first-order chi connectivity index (χ1) is 14.4. The predicted octanol–water partition coefficient (Wildman–Crippen LogP) is 4.77. The molecular weight excluding hydrogens is 477 g/mol. The Morgan fingerprint density at radius 1 is 1.20 bits per heavy atom. The molecule has 1 aliphatic rings. The van der Waals surface area contributed by atoms with E-state index in [1.165, 1.54) is 12.1 Å². The maximum atomic E-state index is 13.1. The number of amides is 2. The van der Waals surface area contributed by atoms with Crippen molar-refractivity contribution in [2.45, 2.75) is 13.5 Å². The van der Waals surface area contributed by atoms with Gasteiger partial charge >= 0.3 is 5.97 Å². The monoisotopic (exact) mass is 493 g/mol. The molecule has 3 rings (SSSR count). The number of carbonyl (C=O) groups excluding carboxylic acids is 3. The maximum absolute atomic E-state index is 13.1. The summed E-state index contributed by atoms with van der Waals surface area (Å²) in [6.07, 6.45) is 1.54. The summed E-state index contributed by atoms with van der Waals surface area (Å²) >= 11 is 4.13. The highest BCUT2D eigenvalue weighted by Crippen LogP contribution is 2.35. The summed E-state index contributed by atoms with van der Waals surface area (Å²) < 4.78 is 24.5. The van der Waals surface area contributed by atoms with Crippen LogP contribution < -0.4 is 4.74 Å². The molecule has 0 radical (unpaired) electrons. The van der Waals surface area contributed by atoms with Gasteiger partial charge in [0.2, 0.25) is 0 Å². The second kappa shape index (κ2) is 9.90. The fraction of sp³-hybridized carbons (Fsp3) is 0.190. The van der Waals surface area contributed by atoms with Gasteiger partial charge < -0.3 is 9.47 Å². The summed E-state index contributed by atoms with van der Waals surface area (Å²) in [7, 11) is 0. The molecular formula is C21H17BrFNO5S. The van der Waals surface area contributed by atoms with E-state index in [9.17, 15) is 18.8 Å². The Morgan fingerprint density at radius 3 is 2.63 bits per heavy atom. The SMILES string of the molecule is CCOC(=O)CN1C(=O)S/C(=C/c2cc(Br)ccc2OCc2ccc(F)cc2)C1=O. The van der Waals surface area contributed by atoms with Gasteiger partial charge in [-0.1, -0.05) is 28.1 Å². The molecule has 0 unspecified atom stereocenters. The predicted molar refractivity (Wildman–Crippen MR) is 114 cm³/mol. The van der Waals surface area contributed by atoms with E-state index in [-0.39, 0.29) is 23.9 Å². The molecule has 0 aliphatic carbocycles. The van der Waals surface area contributed by atoms with Gasteiger partial charge in [-0.15, -0.1) is 0 Å². The molecule has 6 nitrogen and oxygen atoms in total. The quantitative estimate of drug-likeness (QED) is 0.408. The number of hydrogen-bond donors (Lipinski definition) is 0. The van der Waals surface area contributed by atoms with E-state index in [1.54, 1.807) is 43.3 Å². The molecule has 2 aromatic rings. The van der Waals surface area contributed by atoms with Gasteiger partial charge in [-0.25, -0.2) is 4.39 Å². The van der Waals surface area contributed by atoms with Gasteiger partial charge in [0.1, 0.15) is 24.7 Å². The van der Waals surface area contributed by atoms with Crippen LogP contribution in [0, 0.1) is 5.82 Å². The standard InChI is InChI=1S/C21H17BrFNO5S/c1-2-28-19(25)11-24-20(26)18(30-21(24)27)10-14-9-15(22)5-8-17(14)29-12-13-3-6-16(23)7-4-13/h3-10H,2,11-12H2,1H3/b18-10+. The van der Waals surface area contributed by atoms with E-state index in [4.69, 9.17) is 9.47 Å². The summed E-state index contributed by atoms with van der Waals surface area (Å²) in [5, 5.41) is -0.539. The second-order valence-electron chi connectivity index (χ2n) is 6.17. The molecule has 2 amide bonds. The first-order valence-corrected chi connectivity index (χ1v) is 10.6. The Hall–Kier alpha value is -2.65. The zero-order chi connectivity index (χ0) is 21.7. The molecule has 0 N–H and O–H groups in total. The maximum Gasteiger partial charge on any atom is 0.326 e. The van der Waals surface area contributed by atoms with Crippen LogP contribution in [-0.4, -0.2) is 35.2 Å². The van der Waals surface area contributed by atoms with Crippen molar-refractivity contribution in [3.8, 4) is 5.75 Å². The van der Waals surface area contributed by atoms with Crippen LogP contribution in [0.15, 0.2) is 51.8 Å². The normalized spacial score (nSPS) is 15.0. The molecule has 2 aromatic carbocycles. The van der Waals surface area contributed by atoms with E-state index in [0.717, 1.165) is 26.7 Å². The van der Waals surface area contributed by atoms with E-state index in [0.29, 0.717) is 11.3 Å². The van der Waals surface area contributed by atoms with Crippen LogP contribution in [0.3, 0.4) is 0 Å². The lowest BCUT2D eigenvalue weighted by Crippen LogP contribution is -2.34. The van der Waals surface area contributed by atoms with Crippen LogP contribution in [-0.2, 0) is 20.9 Å². The fourth-order valence-electron chi connectivity index (χ4n) is 2.62. The lowest BCUT2D eigenvalue weighted by atomic mass is 10.1. The summed E-state index contributed by atoms with van der Waals surface area (Å²) in [6, 6.07) is 11.2. The number of rotatable bonds is 7. The molecule has 1 saturated heterocycles. The number of imide groups is 1. The van der Waals surface area contributed by atoms with Crippen molar-refractivity contribution in [2.24, 2.45) is 0 Å². The zero-order valence-corrected chi connectivity index (χ0v) is 18.3. The topological polar surface area (TPSA) is 72.9 Å². The van der Waals surface area contributed by atoms with Crippen LogP contribution in [0.1, 0.15) is 18.1 Å². The molecule has 156 valence electrons. The van der Waals surface area contributed by atoms with Crippen molar-refractivity contribution in [3.05, 3.63) is 68.8 Å². The Labute approximate surface area is 185 Å². The fourth-order valence-corrected chi connectivity index (χ4v) is 3.83. The molecule has 30 heavy (non-hydrogen) atoms. The minimum absolute atomic E-state index is 0.164. The lowest BCUT2D eigenvalue weighted by molar-refractivity contribution is -0.145. The molecule has 1 fully saturated rings. The number of thioether (sulfide) groups is 1. The van der Waals surface area contributed by atoms with Crippen LogP contribution in [0.25, 0.3) is 6.08 Å². The molecule has 0 spiro atoms. The Morgan fingerprint density at radius 2 is 1.93 bits per heavy atom. The zero-order valence-electron chi connectivity index (χ0n) is 15.9. The second-order valence-corrected chi connectivity index (χ2v) is 8.08. The van der Waals surface area contributed by atoms with Crippen molar-refractivity contribution in [3.63, 3.8) is 0 Å². The summed E-state index contributed by atoms with van der Waals surface area (Å²) in [5.41, 5.74) is 1.35. The molecule has 0 atom stereocenters. The van der Waals surface area contributed by atoms with Crippen molar-refractivity contribution in [1.82, 2.24) is 4.90 Å². The number of halogens is 2. The number of hydrogen-bond acceptors (Lipinski definition) is 6. The van der Waals surface area contributed by atoms with Crippen LogP contribution in [0.5, 0.6) is 5.75 Å². The summed E-state index contributed by atoms with van der Waals surface area (Å²) in [5.74, 6) is -1.06. The highest BCUT2D eigenvalue weighted by Gasteiger charge is 2.36. The van der Waals surface area contributed by atoms with E-state index >= 15 is 0 Å². The average Bonchev–Trinajstić information content (AvgIpc) is 2.96. The van der Waals surface area contributed by atoms with Gasteiger partial charge in [-0.3, -0.25) is 19.3 Å². The molecule has 0 saturated carbocycles. The van der Waals surface area contributed by atoms with Crippen LogP contribution in [0.2, 0.25) is 0 Å². The van der Waals surface area contributed by atoms with Gasteiger partial charge in [-0.05, 0) is 60.7 Å². The van der Waals surface area contributed by atoms with Gasteiger partial charge in [0.05, 0.1) is 11.5 Å². The summed E-state index contributed by atoms with van der Waals surface area (Å²) in [4.78, 5) is 37.4. The third kappa shape index (κ3) is 5.48. The first kappa shape index (κ1) is 22.0. The van der Waals surface area contributed by atoms with Crippen molar-refractivity contribution >= 4 is 50.9 Å². The van der Waals surface area contributed by atoms with Gasteiger partial charge in [0.15, 0.2) is 0 Å². The Bertz CT molecular complexity index is 1010. The van der Waals surface area contributed by atoms with Crippen molar-refractivity contribution in [1.29, 1.82) is 0 Å². The Kier molecular flexibility index (Phi) is 7.28. The smallest absolute Gasteiger partial charge is 0.326 e. The number of nitrogens with zero attached hydrogens (tertiary/aromatic N) is 1. The summed E-state index contributed by atoms with van der Waals surface area (Å²) in [6.45, 7) is 1.58. The van der Waals surface area contributed by atoms with Gasteiger partial charge in [0, 0.05) is 10.0 Å². The average molecular weight is 494 g/mol. The van der Waals surface area contributed by atoms with Crippen molar-refractivity contribution in [2.75, 3.05) is 13.2 Å². The highest BCUT2D eigenvalue weighted by molar-refractivity contribution is 9.10. The van der Waals surface area contributed by atoms with Crippen molar-refractivity contribution < 1.29 is 28.2 Å². The number of benzene rings is 2. The van der Waals surface area contributed by atoms with Crippen LogP contribution in [0.4, 0.5) is 9.18 Å². The van der Waals surface area contributed by atoms with E-state index < -0.39 is 23.7 Å². The third-order valence-electron chi connectivity index (χ3n) is 4.03. The van der Waals surface area contributed by atoms with Gasteiger partial charge in [0.25, 0.3) is 11.1 Å². The highest BCUT2D eigenvalue weighted by atomic mass is 79.9. The molecule has 1 aliphatic heterocycles. The molecule has 9 heteroatoms. The number of carbonyl (C=O) groups is 3. The minimum Gasteiger partial charge on any atom is -0.488 e. The number of esters is 1. The third-order valence-corrected chi connectivity index (χ3v) is 5.43. The van der Waals surface area contributed by atoms with E-state index in [2.05, 4.69) is 15.9 Å². The molecule has 0 aromatic heterocycles. The number of ether oxygens (including phenoxy) is 2. The van der Waals surface area contributed by atoms with E-state index in [1.807, 2.05) is 0 Å². The molecule has 0 bridgehead atoms. The largest absolute Gasteiger partial charge is 0.488 e. The minimum atomic E-state index is -0.646. The van der Waals surface area contributed by atoms with Gasteiger partial charge in [-0.2, -0.15) is 0 Å².